The van der Waals surface area contributed by atoms with Crippen molar-refractivity contribution in [2.45, 2.75) is 45.6 Å². The Labute approximate surface area is 166 Å². The summed E-state index contributed by atoms with van der Waals surface area (Å²) in [6, 6.07) is 15.3. The first-order valence-corrected chi connectivity index (χ1v) is 9.84. The number of fused-ring (bicyclic) bond motifs is 1. The third-order valence-corrected chi connectivity index (χ3v) is 5.25. The van der Waals surface area contributed by atoms with Crippen LogP contribution in [0.25, 0.3) is 0 Å². The molecule has 2 aromatic rings. The summed E-state index contributed by atoms with van der Waals surface area (Å²) in [5.41, 5.74) is 3.56. The largest absolute Gasteiger partial charge is 0.464 e. The maximum absolute atomic E-state index is 12.4. The van der Waals surface area contributed by atoms with E-state index in [1.54, 1.807) is 12.1 Å². The maximum atomic E-state index is 12.4. The van der Waals surface area contributed by atoms with Crippen LogP contribution in [0.15, 0.2) is 48.5 Å². The van der Waals surface area contributed by atoms with Gasteiger partial charge in [-0.25, -0.2) is 4.90 Å². The molecule has 1 aliphatic heterocycles. The number of aliphatic hydroxyl groups is 2. The topological polar surface area (TPSA) is 70.0 Å². The number of esters is 1. The fourth-order valence-corrected chi connectivity index (χ4v) is 3.64. The molecule has 150 valence electrons. The highest BCUT2D eigenvalue weighted by atomic mass is 16.5. The SMILES string of the molecule is CC(C)Cc1ccc(C(C)C(=O)OCCN2C(O)c3ccccc3C2O)cc1. The first kappa shape index (κ1) is 20.5. The minimum Gasteiger partial charge on any atom is -0.464 e. The van der Waals surface area contributed by atoms with Crippen LogP contribution < -0.4 is 0 Å². The number of hydrogen-bond donors (Lipinski definition) is 2. The smallest absolute Gasteiger partial charge is 0.313 e. The second-order valence-electron chi connectivity index (χ2n) is 7.84. The van der Waals surface area contributed by atoms with Crippen molar-refractivity contribution < 1.29 is 19.7 Å². The molecule has 3 unspecified atom stereocenters. The summed E-state index contributed by atoms with van der Waals surface area (Å²) in [6.45, 7) is 6.55. The van der Waals surface area contributed by atoms with Gasteiger partial charge in [-0.1, -0.05) is 62.4 Å². The zero-order valence-corrected chi connectivity index (χ0v) is 16.7. The Hall–Kier alpha value is -2.21. The number of carbonyl (C=O) groups excluding carboxylic acids is 1. The molecule has 0 saturated carbocycles. The molecule has 0 aliphatic carbocycles. The average molecular weight is 383 g/mol. The van der Waals surface area contributed by atoms with Gasteiger partial charge in [-0.05, 0) is 30.4 Å². The van der Waals surface area contributed by atoms with Crippen molar-refractivity contribution >= 4 is 5.97 Å². The molecular weight excluding hydrogens is 354 g/mol. The summed E-state index contributed by atoms with van der Waals surface area (Å²) >= 11 is 0. The zero-order valence-electron chi connectivity index (χ0n) is 16.7. The fraction of sp³-hybridized carbons (Fsp3) is 0.435. The van der Waals surface area contributed by atoms with Gasteiger partial charge in [0.1, 0.15) is 19.1 Å². The van der Waals surface area contributed by atoms with Crippen LogP contribution in [0.3, 0.4) is 0 Å². The molecule has 0 saturated heterocycles. The van der Waals surface area contributed by atoms with Gasteiger partial charge in [-0.15, -0.1) is 0 Å². The Morgan fingerprint density at radius 3 is 2.11 bits per heavy atom. The Morgan fingerprint density at radius 2 is 1.57 bits per heavy atom. The predicted molar refractivity (Wildman–Crippen MR) is 107 cm³/mol. The Kier molecular flexibility index (Phi) is 6.50. The van der Waals surface area contributed by atoms with E-state index in [9.17, 15) is 15.0 Å². The number of hydrogen-bond acceptors (Lipinski definition) is 5. The van der Waals surface area contributed by atoms with Crippen molar-refractivity contribution in [2.75, 3.05) is 13.2 Å². The summed E-state index contributed by atoms with van der Waals surface area (Å²) < 4.78 is 5.41. The van der Waals surface area contributed by atoms with E-state index in [1.165, 1.54) is 10.5 Å². The second kappa shape index (κ2) is 8.86. The Morgan fingerprint density at radius 1 is 1.00 bits per heavy atom. The molecule has 1 heterocycles. The number of nitrogens with zero attached hydrogens (tertiary/aromatic N) is 1. The number of aliphatic hydroxyl groups excluding tert-OH is 2. The normalized spacial score (nSPS) is 20.2. The van der Waals surface area contributed by atoms with Crippen molar-refractivity contribution in [2.24, 2.45) is 5.92 Å². The molecule has 0 radical (unpaired) electrons. The minimum absolute atomic E-state index is 0.108. The van der Waals surface area contributed by atoms with Gasteiger partial charge >= 0.3 is 5.97 Å². The van der Waals surface area contributed by atoms with E-state index in [0.717, 1.165) is 12.0 Å². The molecule has 3 rings (SSSR count). The van der Waals surface area contributed by atoms with Gasteiger partial charge in [0.25, 0.3) is 0 Å². The number of benzene rings is 2. The standard InChI is InChI=1S/C23H29NO4/c1-15(2)14-17-8-10-18(11-9-17)16(3)23(27)28-13-12-24-21(25)19-6-4-5-7-20(19)22(24)26/h4-11,15-16,21-22,25-26H,12-14H2,1-3H3. The number of ether oxygens (including phenoxy) is 1. The van der Waals surface area contributed by atoms with Crippen LogP contribution in [0.2, 0.25) is 0 Å². The highest BCUT2D eigenvalue weighted by Gasteiger charge is 2.35. The Balaban J connectivity index is 1.52. The van der Waals surface area contributed by atoms with Crippen molar-refractivity contribution in [3.05, 3.63) is 70.8 Å². The molecule has 2 aromatic carbocycles. The molecule has 0 bridgehead atoms. The first-order chi connectivity index (χ1) is 13.4. The quantitative estimate of drug-likeness (QED) is 0.716. The third kappa shape index (κ3) is 4.43. The summed E-state index contributed by atoms with van der Waals surface area (Å²) in [7, 11) is 0. The number of carbonyl (C=O) groups is 1. The molecule has 0 spiro atoms. The molecule has 28 heavy (non-hydrogen) atoms. The molecule has 0 amide bonds. The summed E-state index contributed by atoms with van der Waals surface area (Å²) in [4.78, 5) is 13.9. The van der Waals surface area contributed by atoms with E-state index in [1.807, 2.05) is 31.2 Å². The van der Waals surface area contributed by atoms with Crippen LogP contribution in [0, 0.1) is 5.92 Å². The summed E-state index contributed by atoms with van der Waals surface area (Å²) in [6.07, 6.45) is -0.770. The van der Waals surface area contributed by atoms with E-state index < -0.39 is 12.5 Å². The lowest BCUT2D eigenvalue weighted by Crippen LogP contribution is -2.31. The van der Waals surface area contributed by atoms with E-state index in [2.05, 4.69) is 26.0 Å². The highest BCUT2D eigenvalue weighted by Crippen LogP contribution is 2.38. The monoisotopic (exact) mass is 383 g/mol. The molecular formula is C23H29NO4. The fourth-order valence-electron chi connectivity index (χ4n) is 3.64. The minimum atomic E-state index is -0.893. The lowest BCUT2D eigenvalue weighted by molar-refractivity contribution is -0.148. The molecule has 2 N–H and O–H groups in total. The van der Waals surface area contributed by atoms with Crippen LogP contribution in [-0.2, 0) is 16.0 Å². The van der Waals surface area contributed by atoms with Gasteiger partial charge in [0.05, 0.1) is 5.92 Å². The van der Waals surface area contributed by atoms with Gasteiger partial charge in [-0.2, -0.15) is 0 Å². The van der Waals surface area contributed by atoms with Gasteiger partial charge in [0, 0.05) is 17.7 Å². The van der Waals surface area contributed by atoms with E-state index in [4.69, 9.17) is 4.74 Å². The second-order valence-corrected chi connectivity index (χ2v) is 7.84. The summed E-state index contributed by atoms with van der Waals surface area (Å²) in [5, 5.41) is 20.8. The predicted octanol–water partition coefficient (Wildman–Crippen LogP) is 3.53. The van der Waals surface area contributed by atoms with Crippen LogP contribution in [0.1, 0.15) is 61.4 Å². The van der Waals surface area contributed by atoms with Crippen molar-refractivity contribution in [1.29, 1.82) is 0 Å². The maximum Gasteiger partial charge on any atom is 0.313 e. The van der Waals surface area contributed by atoms with Crippen LogP contribution >= 0.6 is 0 Å². The highest BCUT2D eigenvalue weighted by molar-refractivity contribution is 5.77. The first-order valence-electron chi connectivity index (χ1n) is 9.84. The molecule has 0 fully saturated rings. The zero-order chi connectivity index (χ0) is 20.3. The molecule has 0 aromatic heterocycles. The molecule has 3 atom stereocenters. The van der Waals surface area contributed by atoms with E-state index in [0.29, 0.717) is 17.0 Å². The third-order valence-electron chi connectivity index (χ3n) is 5.25. The average Bonchev–Trinajstić information content (AvgIpc) is 2.92. The van der Waals surface area contributed by atoms with Crippen LogP contribution in [-0.4, -0.2) is 34.2 Å². The molecule has 5 nitrogen and oxygen atoms in total. The van der Waals surface area contributed by atoms with E-state index in [-0.39, 0.29) is 25.0 Å². The van der Waals surface area contributed by atoms with E-state index >= 15 is 0 Å². The lowest BCUT2D eigenvalue weighted by atomic mass is 9.97. The van der Waals surface area contributed by atoms with Gasteiger partial charge < -0.3 is 14.9 Å². The van der Waals surface area contributed by atoms with Crippen molar-refractivity contribution in [3.8, 4) is 0 Å². The van der Waals surface area contributed by atoms with Crippen LogP contribution in [0.4, 0.5) is 0 Å². The lowest BCUT2D eigenvalue weighted by Gasteiger charge is -2.24. The van der Waals surface area contributed by atoms with Crippen molar-refractivity contribution in [3.63, 3.8) is 0 Å². The number of rotatable bonds is 7. The van der Waals surface area contributed by atoms with Gasteiger partial charge in [0.2, 0.25) is 0 Å². The van der Waals surface area contributed by atoms with Crippen LogP contribution in [0.5, 0.6) is 0 Å². The van der Waals surface area contributed by atoms with Crippen molar-refractivity contribution in [1.82, 2.24) is 4.90 Å². The molecule has 5 heteroatoms. The van der Waals surface area contributed by atoms with Gasteiger partial charge in [-0.3, -0.25) is 4.79 Å². The van der Waals surface area contributed by atoms with Gasteiger partial charge in [0.15, 0.2) is 0 Å². The summed E-state index contributed by atoms with van der Waals surface area (Å²) in [5.74, 6) is -0.0771. The Bertz CT molecular complexity index is 774. The molecule has 1 aliphatic rings.